The minimum Gasteiger partial charge on any atom is -0.505 e. The summed E-state index contributed by atoms with van der Waals surface area (Å²) in [5, 5.41) is 11.9. The molecule has 0 aliphatic carbocycles. The van der Waals surface area contributed by atoms with Gasteiger partial charge >= 0.3 is 0 Å². The molecule has 0 bridgehead atoms. The van der Waals surface area contributed by atoms with Gasteiger partial charge in [-0.25, -0.2) is 0 Å². The molecular formula is C31H39N3O. The van der Waals surface area contributed by atoms with E-state index in [2.05, 4.69) is 129 Å². The van der Waals surface area contributed by atoms with Crippen LogP contribution in [0, 0.1) is 5.41 Å². The van der Waals surface area contributed by atoms with Gasteiger partial charge in [0.25, 0.3) is 0 Å². The van der Waals surface area contributed by atoms with Gasteiger partial charge in [0.2, 0.25) is 0 Å². The van der Waals surface area contributed by atoms with Crippen LogP contribution in [0.4, 0.5) is 0 Å². The molecule has 184 valence electrons. The fraction of sp³-hybridized carbons (Fsp3) is 0.419. The van der Waals surface area contributed by atoms with Gasteiger partial charge in [0, 0.05) is 11.0 Å². The highest BCUT2D eigenvalue weighted by Crippen LogP contribution is 2.48. The van der Waals surface area contributed by atoms with Gasteiger partial charge in [0.05, 0.1) is 0 Å². The summed E-state index contributed by atoms with van der Waals surface area (Å²) >= 11 is 0. The molecule has 1 N–H and O–H groups in total. The van der Waals surface area contributed by atoms with Gasteiger partial charge in [-0.1, -0.05) is 97.0 Å². The number of fused-ring (bicyclic) bond motifs is 4. The molecule has 4 heteroatoms. The molecule has 0 saturated carbocycles. The molecule has 4 nitrogen and oxygen atoms in total. The lowest BCUT2D eigenvalue weighted by atomic mass is 9.67. The van der Waals surface area contributed by atoms with Gasteiger partial charge in [-0.2, -0.15) is 0 Å². The predicted molar refractivity (Wildman–Crippen MR) is 145 cm³/mol. The Morgan fingerprint density at radius 3 is 1.77 bits per heavy atom. The molecule has 0 atom stereocenters. The Kier molecular flexibility index (Phi) is 5.35. The Labute approximate surface area is 209 Å². The highest BCUT2D eigenvalue weighted by atomic mass is 16.3. The lowest BCUT2D eigenvalue weighted by Crippen LogP contribution is -2.29. The molecule has 5 aromatic rings. The lowest BCUT2D eigenvalue weighted by molar-refractivity contribution is 0.283. The lowest BCUT2D eigenvalue weighted by Gasteiger charge is -2.37. The number of rotatable bonds is 7. The summed E-state index contributed by atoms with van der Waals surface area (Å²) in [6.45, 7) is 16.1. The number of aromatic nitrogens is 3. The minimum atomic E-state index is -0.263. The maximum atomic E-state index is 11.9. The number of phenols is 1. The van der Waals surface area contributed by atoms with E-state index in [0.29, 0.717) is 5.75 Å². The highest BCUT2D eigenvalue weighted by molar-refractivity contribution is 5.79. The zero-order valence-corrected chi connectivity index (χ0v) is 22.3. The van der Waals surface area contributed by atoms with Crippen LogP contribution in [-0.2, 0) is 10.8 Å². The van der Waals surface area contributed by atoms with E-state index in [4.69, 9.17) is 0 Å². The number of hydrogen-bond acceptors (Lipinski definition) is 1. The Morgan fingerprint density at radius 2 is 1.26 bits per heavy atom. The van der Waals surface area contributed by atoms with E-state index in [9.17, 15) is 5.11 Å². The first-order valence-electron chi connectivity index (χ1n) is 13.0. The van der Waals surface area contributed by atoms with Gasteiger partial charge in [-0.15, -0.1) is 14.1 Å². The quantitative estimate of drug-likeness (QED) is 0.258. The van der Waals surface area contributed by atoms with E-state index in [0.717, 1.165) is 30.5 Å². The number of aromatic hydroxyl groups is 1. The monoisotopic (exact) mass is 469 g/mol. The number of hydrogen-bond donors (Lipinski definition) is 1. The maximum absolute atomic E-state index is 11.9. The first-order valence-corrected chi connectivity index (χ1v) is 13.0. The summed E-state index contributed by atoms with van der Waals surface area (Å²) in [6.07, 6.45) is 2.88. The van der Waals surface area contributed by atoms with Crippen molar-refractivity contribution in [2.45, 2.75) is 78.6 Å². The molecule has 0 fully saturated rings. The summed E-state index contributed by atoms with van der Waals surface area (Å²) in [5.41, 5.74) is 6.65. The summed E-state index contributed by atoms with van der Waals surface area (Å²) in [6, 6.07) is 23.6. The van der Waals surface area contributed by atoms with Crippen molar-refractivity contribution in [2.24, 2.45) is 5.41 Å². The van der Waals surface area contributed by atoms with E-state index in [1.54, 1.807) is 0 Å². The van der Waals surface area contributed by atoms with Crippen molar-refractivity contribution in [3.8, 4) is 11.4 Å². The zero-order chi connectivity index (χ0) is 25.2. The minimum absolute atomic E-state index is 0.0497. The van der Waals surface area contributed by atoms with E-state index in [-0.39, 0.29) is 16.2 Å². The van der Waals surface area contributed by atoms with Gasteiger partial charge in [-0.05, 0) is 59.4 Å². The SMILES string of the molecule is CCC(CC)(c1ccccc1)c1cc(C(C)(C)CC(C)(C)C)cc(-n2n3c4ccccc4n23)c1O. The summed E-state index contributed by atoms with van der Waals surface area (Å²) in [4.78, 5) is 2.11. The van der Waals surface area contributed by atoms with E-state index >= 15 is 0 Å². The summed E-state index contributed by atoms with van der Waals surface area (Å²) < 4.78 is 4.27. The molecule has 0 amide bonds. The van der Waals surface area contributed by atoms with Crippen LogP contribution in [0.2, 0.25) is 0 Å². The zero-order valence-electron chi connectivity index (χ0n) is 22.3. The van der Waals surface area contributed by atoms with Crippen LogP contribution in [0.3, 0.4) is 0 Å². The first kappa shape index (κ1) is 23.6. The molecule has 2 heterocycles. The van der Waals surface area contributed by atoms with E-state index in [1.807, 2.05) is 0 Å². The topological polar surface area (TPSA) is 34.0 Å². The average molecular weight is 470 g/mol. The van der Waals surface area contributed by atoms with Crippen molar-refractivity contribution < 1.29 is 5.11 Å². The van der Waals surface area contributed by atoms with Crippen LogP contribution in [0.25, 0.3) is 16.7 Å². The van der Waals surface area contributed by atoms with Crippen molar-refractivity contribution in [3.63, 3.8) is 0 Å². The fourth-order valence-electron chi connectivity index (χ4n) is 6.40. The van der Waals surface area contributed by atoms with Crippen LogP contribution in [0.1, 0.15) is 84.4 Å². The second-order valence-corrected chi connectivity index (χ2v) is 12.0. The van der Waals surface area contributed by atoms with Crippen molar-refractivity contribution in [3.05, 3.63) is 83.4 Å². The van der Waals surface area contributed by atoms with Crippen molar-refractivity contribution in [2.75, 3.05) is 0 Å². The first-order chi connectivity index (χ1) is 16.5. The molecule has 0 aliphatic rings. The molecule has 0 saturated heterocycles. The third kappa shape index (κ3) is 3.65. The van der Waals surface area contributed by atoms with Gasteiger partial charge in [0.1, 0.15) is 22.5 Å². The van der Waals surface area contributed by atoms with Crippen LogP contribution in [0.15, 0.2) is 66.7 Å². The number of benzene rings is 3. The third-order valence-electron chi connectivity index (χ3n) is 7.93. The fourth-order valence-corrected chi connectivity index (χ4v) is 6.40. The standard InChI is InChI=1S/C31H39N3O/c1-8-31(9-2,22-15-11-10-12-16-22)24-19-23(30(6,7)21-29(3,4)5)20-27(28(24)35)34-32-25-17-13-14-18-26(25)33(32)34/h10-20,35H,8-9,21H2,1-7H3. The van der Waals surface area contributed by atoms with E-state index in [1.165, 1.54) is 22.2 Å². The average Bonchev–Trinajstić information content (AvgIpc) is 3.47. The molecule has 0 aliphatic heterocycles. The highest BCUT2D eigenvalue weighted by Gasteiger charge is 2.38. The molecule has 5 rings (SSSR count). The van der Waals surface area contributed by atoms with Gasteiger partial charge in [-0.3, -0.25) is 0 Å². The third-order valence-corrected chi connectivity index (χ3v) is 7.93. The predicted octanol–water partition coefficient (Wildman–Crippen LogP) is 7.95. The Morgan fingerprint density at radius 1 is 0.714 bits per heavy atom. The van der Waals surface area contributed by atoms with Gasteiger partial charge < -0.3 is 5.11 Å². The number of nitrogens with zero attached hydrogens (tertiary/aromatic N) is 3. The summed E-state index contributed by atoms with van der Waals surface area (Å²) in [5.74, 6) is 0.383. The molecule has 2 aromatic heterocycles. The second-order valence-electron chi connectivity index (χ2n) is 12.0. The van der Waals surface area contributed by atoms with Crippen LogP contribution < -0.4 is 0 Å². The molecule has 0 radical (unpaired) electrons. The second kappa shape index (κ2) is 7.94. The van der Waals surface area contributed by atoms with Gasteiger partial charge in [0.15, 0.2) is 0 Å². The normalized spacial score (nSPS) is 13.5. The van der Waals surface area contributed by atoms with Crippen LogP contribution >= 0.6 is 0 Å². The summed E-state index contributed by atoms with van der Waals surface area (Å²) in [7, 11) is 0. The largest absolute Gasteiger partial charge is 0.505 e. The Hall–Kier alpha value is -3.14. The molecule has 0 unspecified atom stereocenters. The Balaban J connectivity index is 1.78. The molecule has 3 aromatic carbocycles. The van der Waals surface area contributed by atoms with Crippen LogP contribution in [-0.4, -0.2) is 19.2 Å². The molecule has 0 spiro atoms. The molecular weight excluding hydrogens is 430 g/mol. The Bertz CT molecular complexity index is 1410. The number of para-hydroxylation sites is 2. The van der Waals surface area contributed by atoms with Crippen molar-refractivity contribution in [1.29, 1.82) is 0 Å². The smallest absolute Gasteiger partial charge is 0.147 e. The number of phenolic OH excluding ortho intramolecular Hbond substituents is 1. The van der Waals surface area contributed by atoms with Crippen molar-refractivity contribution in [1.82, 2.24) is 14.1 Å². The van der Waals surface area contributed by atoms with E-state index < -0.39 is 0 Å². The van der Waals surface area contributed by atoms with Crippen LogP contribution in [0.5, 0.6) is 5.75 Å². The van der Waals surface area contributed by atoms with Crippen molar-refractivity contribution >= 4 is 11.0 Å². The molecule has 35 heavy (non-hydrogen) atoms. The maximum Gasteiger partial charge on any atom is 0.147 e.